The normalized spacial score (nSPS) is 12.3. The lowest BCUT2D eigenvalue weighted by molar-refractivity contribution is 0.415. The summed E-state index contributed by atoms with van der Waals surface area (Å²) in [7, 11) is 1.68. The second kappa shape index (κ2) is 5.52. The van der Waals surface area contributed by atoms with Gasteiger partial charge in [-0.3, -0.25) is 5.10 Å². The molecule has 0 amide bonds. The maximum absolute atomic E-state index is 5.40. The molecule has 0 bridgehead atoms. The van der Waals surface area contributed by atoms with E-state index in [4.69, 9.17) is 4.74 Å². The second-order valence-corrected chi connectivity index (χ2v) is 7.24. The maximum atomic E-state index is 5.40. The number of aromatic nitrogens is 4. The van der Waals surface area contributed by atoms with Crippen molar-refractivity contribution in [2.24, 2.45) is 5.41 Å². The number of rotatable bonds is 1. The molecule has 2 aromatic heterocycles. The average molecular weight is 332 g/mol. The molecule has 126 valence electrons. The van der Waals surface area contributed by atoms with E-state index in [9.17, 15) is 0 Å². The van der Waals surface area contributed by atoms with E-state index < -0.39 is 0 Å². The third kappa shape index (κ3) is 2.70. The van der Waals surface area contributed by atoms with Crippen LogP contribution in [0, 0.1) is 17.3 Å². The molecule has 0 radical (unpaired) electrons. The van der Waals surface area contributed by atoms with Gasteiger partial charge in [0.2, 0.25) is 0 Å². The molecule has 1 aliphatic rings. The standard InChI is InChI=1S/C20H20N4O/c1-20(2,3)8-7-16-18-9-13-11-22-23-19(13)15-10-14(25-4)5-6-17(15)24(18)12-21-16/h5-6,10-12H,9H2,1-4H3,(H,22,23). The Hall–Kier alpha value is -3.00. The van der Waals surface area contributed by atoms with Gasteiger partial charge in [0.1, 0.15) is 17.8 Å². The first-order valence-corrected chi connectivity index (χ1v) is 8.27. The minimum Gasteiger partial charge on any atom is -0.497 e. The van der Waals surface area contributed by atoms with Crippen molar-refractivity contribution in [1.82, 2.24) is 19.7 Å². The van der Waals surface area contributed by atoms with Gasteiger partial charge in [0.15, 0.2) is 0 Å². The maximum Gasteiger partial charge on any atom is 0.135 e. The zero-order valence-electron chi connectivity index (χ0n) is 14.8. The van der Waals surface area contributed by atoms with Gasteiger partial charge in [-0.25, -0.2) is 4.98 Å². The van der Waals surface area contributed by atoms with Crippen LogP contribution in [0.25, 0.3) is 16.9 Å². The number of nitrogens with zero attached hydrogens (tertiary/aromatic N) is 3. The monoisotopic (exact) mass is 332 g/mol. The van der Waals surface area contributed by atoms with E-state index in [0.29, 0.717) is 0 Å². The van der Waals surface area contributed by atoms with E-state index in [-0.39, 0.29) is 5.41 Å². The first-order chi connectivity index (χ1) is 12.0. The third-order valence-electron chi connectivity index (χ3n) is 4.23. The fourth-order valence-corrected chi connectivity index (χ4v) is 3.01. The van der Waals surface area contributed by atoms with Crippen LogP contribution in [0.3, 0.4) is 0 Å². The van der Waals surface area contributed by atoms with Gasteiger partial charge in [-0.1, -0.05) is 5.92 Å². The van der Waals surface area contributed by atoms with Crippen LogP contribution in [-0.4, -0.2) is 26.9 Å². The Balaban J connectivity index is 1.94. The Morgan fingerprint density at radius 2 is 2.12 bits per heavy atom. The molecule has 3 heterocycles. The minimum atomic E-state index is -0.0622. The Kier molecular flexibility index (Phi) is 3.43. The number of H-pyrrole nitrogens is 1. The molecule has 5 heteroatoms. The van der Waals surface area contributed by atoms with Crippen molar-refractivity contribution in [3.8, 4) is 34.5 Å². The van der Waals surface area contributed by atoms with Gasteiger partial charge in [-0.05, 0) is 44.9 Å². The van der Waals surface area contributed by atoms with E-state index in [1.165, 1.54) is 0 Å². The number of methoxy groups -OCH3 is 1. The van der Waals surface area contributed by atoms with Crippen LogP contribution in [0.2, 0.25) is 0 Å². The molecular formula is C20H20N4O. The molecule has 1 aromatic carbocycles. The second-order valence-electron chi connectivity index (χ2n) is 7.24. The predicted octanol–water partition coefficient (Wildman–Crippen LogP) is 3.57. The summed E-state index contributed by atoms with van der Waals surface area (Å²) in [6, 6.07) is 6.04. The van der Waals surface area contributed by atoms with Gasteiger partial charge in [-0.15, -0.1) is 0 Å². The van der Waals surface area contributed by atoms with Gasteiger partial charge in [0.05, 0.1) is 30.4 Å². The van der Waals surface area contributed by atoms with E-state index in [1.54, 1.807) is 7.11 Å². The zero-order valence-corrected chi connectivity index (χ0v) is 14.8. The highest BCUT2D eigenvalue weighted by molar-refractivity contribution is 5.76. The Morgan fingerprint density at radius 3 is 2.88 bits per heavy atom. The minimum absolute atomic E-state index is 0.0622. The van der Waals surface area contributed by atoms with E-state index >= 15 is 0 Å². The van der Waals surface area contributed by atoms with Crippen LogP contribution >= 0.6 is 0 Å². The lowest BCUT2D eigenvalue weighted by Crippen LogP contribution is -2.02. The molecule has 5 nitrogen and oxygen atoms in total. The quantitative estimate of drug-likeness (QED) is 0.542. The summed E-state index contributed by atoms with van der Waals surface area (Å²) in [6.07, 6.45) is 4.46. The van der Waals surface area contributed by atoms with Crippen LogP contribution in [0.5, 0.6) is 5.75 Å². The number of fused-ring (bicyclic) bond motifs is 5. The topological polar surface area (TPSA) is 55.7 Å². The van der Waals surface area contributed by atoms with Crippen LogP contribution in [0.4, 0.5) is 0 Å². The Bertz CT molecular complexity index is 1010. The van der Waals surface area contributed by atoms with E-state index in [2.05, 4.69) is 58.4 Å². The molecule has 0 saturated heterocycles. The van der Waals surface area contributed by atoms with Crippen molar-refractivity contribution in [3.63, 3.8) is 0 Å². The Morgan fingerprint density at radius 1 is 1.28 bits per heavy atom. The van der Waals surface area contributed by atoms with Crippen LogP contribution in [0.1, 0.15) is 37.7 Å². The number of hydrogen-bond acceptors (Lipinski definition) is 3. The molecule has 0 atom stereocenters. The van der Waals surface area contributed by atoms with E-state index in [0.717, 1.165) is 46.1 Å². The number of aromatic amines is 1. The van der Waals surface area contributed by atoms with Crippen LogP contribution in [-0.2, 0) is 6.42 Å². The smallest absolute Gasteiger partial charge is 0.135 e. The number of imidazole rings is 1. The fraction of sp³-hybridized carbons (Fsp3) is 0.300. The summed E-state index contributed by atoms with van der Waals surface area (Å²) in [5.41, 5.74) is 6.11. The molecule has 25 heavy (non-hydrogen) atoms. The van der Waals surface area contributed by atoms with Gasteiger partial charge < -0.3 is 9.30 Å². The Labute approximate surface area is 147 Å². The van der Waals surface area contributed by atoms with Crippen molar-refractivity contribution in [1.29, 1.82) is 0 Å². The molecule has 1 N–H and O–H groups in total. The summed E-state index contributed by atoms with van der Waals surface area (Å²) in [5.74, 6) is 7.36. The SMILES string of the molecule is COc1ccc2c(c1)-c1[nH]ncc1Cc1c(C#CC(C)(C)C)ncn1-2. The lowest BCUT2D eigenvalue weighted by Gasteiger charge is -2.11. The zero-order chi connectivity index (χ0) is 17.6. The number of benzene rings is 1. The lowest BCUT2D eigenvalue weighted by atomic mass is 9.97. The summed E-state index contributed by atoms with van der Waals surface area (Å²) < 4.78 is 7.52. The number of nitrogens with one attached hydrogen (secondary N) is 1. The van der Waals surface area contributed by atoms with Crippen molar-refractivity contribution in [2.45, 2.75) is 27.2 Å². The summed E-state index contributed by atoms with van der Waals surface area (Å²) in [6.45, 7) is 6.31. The number of ether oxygens (including phenoxy) is 1. The van der Waals surface area contributed by atoms with Gasteiger partial charge >= 0.3 is 0 Å². The summed E-state index contributed by atoms with van der Waals surface area (Å²) in [5, 5.41) is 7.37. The first kappa shape index (κ1) is 15.5. The first-order valence-electron chi connectivity index (χ1n) is 8.27. The molecule has 1 aliphatic heterocycles. The fourth-order valence-electron chi connectivity index (χ4n) is 3.01. The largest absolute Gasteiger partial charge is 0.497 e. The van der Waals surface area contributed by atoms with Crippen molar-refractivity contribution in [3.05, 3.63) is 47.7 Å². The molecule has 3 aromatic rings. The van der Waals surface area contributed by atoms with E-state index in [1.807, 2.05) is 24.7 Å². The molecule has 0 saturated carbocycles. The highest BCUT2D eigenvalue weighted by Crippen LogP contribution is 2.36. The highest BCUT2D eigenvalue weighted by atomic mass is 16.5. The van der Waals surface area contributed by atoms with Gasteiger partial charge in [-0.2, -0.15) is 5.10 Å². The molecule has 0 fully saturated rings. The van der Waals surface area contributed by atoms with Crippen LogP contribution in [0.15, 0.2) is 30.7 Å². The summed E-state index contributed by atoms with van der Waals surface area (Å²) >= 11 is 0. The number of hydrogen-bond donors (Lipinski definition) is 1. The molecule has 0 spiro atoms. The predicted molar refractivity (Wildman–Crippen MR) is 96.8 cm³/mol. The van der Waals surface area contributed by atoms with Crippen molar-refractivity contribution < 1.29 is 4.74 Å². The molecule has 4 rings (SSSR count). The molecule has 0 aliphatic carbocycles. The van der Waals surface area contributed by atoms with Gasteiger partial charge in [0.25, 0.3) is 0 Å². The van der Waals surface area contributed by atoms with Gasteiger partial charge in [0, 0.05) is 23.0 Å². The molecule has 0 unspecified atom stereocenters. The highest BCUT2D eigenvalue weighted by Gasteiger charge is 2.23. The summed E-state index contributed by atoms with van der Waals surface area (Å²) in [4.78, 5) is 4.57. The van der Waals surface area contributed by atoms with Crippen LogP contribution < -0.4 is 4.74 Å². The third-order valence-corrected chi connectivity index (χ3v) is 4.23. The average Bonchev–Trinajstić information content (AvgIpc) is 3.17. The molecular weight excluding hydrogens is 312 g/mol. The van der Waals surface area contributed by atoms with Crippen molar-refractivity contribution in [2.75, 3.05) is 7.11 Å². The van der Waals surface area contributed by atoms with Crippen molar-refractivity contribution >= 4 is 0 Å².